The van der Waals surface area contributed by atoms with Crippen molar-refractivity contribution in [2.75, 3.05) is 25.2 Å². The predicted molar refractivity (Wildman–Crippen MR) is 142 cm³/mol. The summed E-state index contributed by atoms with van der Waals surface area (Å²) in [5.41, 5.74) is 1.58. The number of anilines is 1. The van der Waals surface area contributed by atoms with E-state index in [2.05, 4.69) is 0 Å². The Morgan fingerprint density at radius 1 is 0.838 bits per heavy atom. The van der Waals surface area contributed by atoms with E-state index in [-0.39, 0.29) is 11.3 Å². The second-order valence-electron chi connectivity index (χ2n) is 8.66. The van der Waals surface area contributed by atoms with E-state index in [1.807, 2.05) is 32.0 Å². The molecule has 0 aliphatic carbocycles. The SMILES string of the molecule is CCCOc1ccc(/C(O)=C2/C(=O)C(=O)N(c3ccc(OC)cc3)C2c2cccc(OCCC)c2)cc1. The molecule has 3 aromatic rings. The molecule has 1 aliphatic rings. The maximum absolute atomic E-state index is 13.4. The molecular weight excluding hydrogens is 470 g/mol. The van der Waals surface area contributed by atoms with E-state index >= 15 is 0 Å². The highest BCUT2D eigenvalue weighted by molar-refractivity contribution is 6.51. The second-order valence-corrected chi connectivity index (χ2v) is 8.66. The molecule has 0 radical (unpaired) electrons. The summed E-state index contributed by atoms with van der Waals surface area (Å²) in [6, 6.07) is 20.1. The number of amides is 1. The molecule has 1 heterocycles. The van der Waals surface area contributed by atoms with Crippen LogP contribution in [0.15, 0.2) is 78.4 Å². The Labute approximate surface area is 216 Å². The number of hydrogen-bond donors (Lipinski definition) is 1. The summed E-state index contributed by atoms with van der Waals surface area (Å²) in [6.45, 7) is 5.15. The van der Waals surface area contributed by atoms with Gasteiger partial charge in [-0.25, -0.2) is 0 Å². The van der Waals surface area contributed by atoms with E-state index < -0.39 is 17.7 Å². The standard InChI is InChI=1S/C30H31NO6/c1-4-17-36-24-13-9-20(10-14-24)28(32)26-27(21-7-6-8-25(19-21)37-18-5-2)31(30(34)29(26)33)22-11-15-23(35-3)16-12-22/h6-16,19,27,32H,4-5,17-18H2,1-3H3/b28-26-. The summed E-state index contributed by atoms with van der Waals surface area (Å²) in [7, 11) is 1.56. The van der Waals surface area contributed by atoms with E-state index in [9.17, 15) is 14.7 Å². The van der Waals surface area contributed by atoms with Crippen molar-refractivity contribution >= 4 is 23.1 Å². The lowest BCUT2D eigenvalue weighted by atomic mass is 9.95. The number of hydrogen-bond acceptors (Lipinski definition) is 6. The minimum absolute atomic E-state index is 0.00989. The van der Waals surface area contributed by atoms with Crippen molar-refractivity contribution in [3.8, 4) is 17.2 Å². The molecule has 37 heavy (non-hydrogen) atoms. The number of nitrogens with zero attached hydrogens (tertiary/aromatic N) is 1. The van der Waals surface area contributed by atoms with Crippen LogP contribution in [0.3, 0.4) is 0 Å². The molecule has 1 amide bonds. The van der Waals surface area contributed by atoms with Crippen molar-refractivity contribution in [1.29, 1.82) is 0 Å². The Kier molecular flexibility index (Phi) is 8.13. The zero-order chi connectivity index (χ0) is 26.4. The summed E-state index contributed by atoms with van der Waals surface area (Å²) in [5, 5.41) is 11.4. The van der Waals surface area contributed by atoms with Crippen molar-refractivity contribution in [2.24, 2.45) is 0 Å². The van der Waals surface area contributed by atoms with Crippen LogP contribution >= 0.6 is 0 Å². The van der Waals surface area contributed by atoms with E-state index in [1.54, 1.807) is 61.7 Å². The molecule has 1 fully saturated rings. The van der Waals surface area contributed by atoms with Crippen molar-refractivity contribution in [3.63, 3.8) is 0 Å². The molecule has 1 saturated heterocycles. The van der Waals surface area contributed by atoms with Gasteiger partial charge in [0.05, 0.1) is 31.9 Å². The quantitative estimate of drug-likeness (QED) is 0.212. The smallest absolute Gasteiger partial charge is 0.300 e. The van der Waals surface area contributed by atoms with Gasteiger partial charge < -0.3 is 19.3 Å². The minimum Gasteiger partial charge on any atom is -0.507 e. The van der Waals surface area contributed by atoms with Gasteiger partial charge >= 0.3 is 0 Å². The Morgan fingerprint density at radius 2 is 1.46 bits per heavy atom. The lowest BCUT2D eigenvalue weighted by Gasteiger charge is -2.26. The van der Waals surface area contributed by atoms with Gasteiger partial charge in [0, 0.05) is 11.3 Å². The number of carbonyl (C=O) groups is 2. The average Bonchev–Trinajstić information content (AvgIpc) is 3.20. The van der Waals surface area contributed by atoms with Crippen LogP contribution in [0, 0.1) is 0 Å². The molecule has 0 spiro atoms. The summed E-state index contributed by atoms with van der Waals surface area (Å²) >= 11 is 0. The molecule has 0 aromatic heterocycles. The normalized spacial score (nSPS) is 16.6. The molecule has 1 atom stereocenters. The van der Waals surface area contributed by atoms with Crippen molar-refractivity contribution in [2.45, 2.75) is 32.7 Å². The molecule has 192 valence electrons. The summed E-state index contributed by atoms with van der Waals surface area (Å²) < 4.78 is 16.7. The number of ether oxygens (including phenoxy) is 3. The fraction of sp³-hybridized carbons (Fsp3) is 0.267. The molecule has 7 heteroatoms. The van der Waals surface area contributed by atoms with Gasteiger partial charge in [-0.15, -0.1) is 0 Å². The third-order valence-corrected chi connectivity index (χ3v) is 6.04. The zero-order valence-electron chi connectivity index (χ0n) is 21.3. The van der Waals surface area contributed by atoms with Gasteiger partial charge in [0.15, 0.2) is 0 Å². The van der Waals surface area contributed by atoms with Gasteiger partial charge in [0.1, 0.15) is 23.0 Å². The summed E-state index contributed by atoms with van der Waals surface area (Å²) in [5.74, 6) is 0.175. The van der Waals surface area contributed by atoms with Crippen molar-refractivity contribution in [3.05, 3.63) is 89.5 Å². The van der Waals surface area contributed by atoms with Crippen LogP contribution in [-0.4, -0.2) is 37.1 Å². The second kappa shape index (κ2) is 11.6. The maximum atomic E-state index is 13.4. The number of aliphatic hydroxyl groups excluding tert-OH is 1. The molecule has 1 unspecified atom stereocenters. The monoisotopic (exact) mass is 501 g/mol. The molecule has 1 N–H and O–H groups in total. The number of rotatable bonds is 10. The third-order valence-electron chi connectivity index (χ3n) is 6.04. The molecule has 4 rings (SSSR count). The van der Waals surface area contributed by atoms with Crippen LogP contribution in [0.1, 0.15) is 43.9 Å². The van der Waals surface area contributed by atoms with Gasteiger partial charge in [0.2, 0.25) is 0 Å². The van der Waals surface area contributed by atoms with Crippen LogP contribution < -0.4 is 19.1 Å². The van der Waals surface area contributed by atoms with Crippen LogP contribution in [0.2, 0.25) is 0 Å². The molecular formula is C30H31NO6. The number of carbonyl (C=O) groups excluding carboxylic acids is 2. The molecule has 3 aromatic carbocycles. The largest absolute Gasteiger partial charge is 0.507 e. The first kappa shape index (κ1) is 25.8. The number of methoxy groups -OCH3 is 1. The number of benzene rings is 3. The van der Waals surface area contributed by atoms with Crippen molar-refractivity contribution < 1.29 is 28.9 Å². The molecule has 1 aliphatic heterocycles. The van der Waals surface area contributed by atoms with E-state index in [0.29, 0.717) is 47.3 Å². The maximum Gasteiger partial charge on any atom is 0.300 e. The zero-order valence-corrected chi connectivity index (χ0v) is 21.3. The van der Waals surface area contributed by atoms with Crippen LogP contribution in [-0.2, 0) is 9.59 Å². The van der Waals surface area contributed by atoms with Gasteiger partial charge in [-0.1, -0.05) is 26.0 Å². The fourth-order valence-corrected chi connectivity index (χ4v) is 4.24. The molecule has 7 nitrogen and oxygen atoms in total. The lowest BCUT2D eigenvalue weighted by Crippen LogP contribution is -2.29. The highest BCUT2D eigenvalue weighted by Crippen LogP contribution is 2.43. The van der Waals surface area contributed by atoms with Gasteiger partial charge in [0.25, 0.3) is 11.7 Å². The Morgan fingerprint density at radius 3 is 2.08 bits per heavy atom. The fourth-order valence-electron chi connectivity index (χ4n) is 4.24. The number of ketones is 1. The van der Waals surface area contributed by atoms with Crippen LogP contribution in [0.4, 0.5) is 5.69 Å². The average molecular weight is 502 g/mol. The number of Topliss-reactive ketones (excluding diaryl/α,β-unsaturated/α-hetero) is 1. The third kappa shape index (κ3) is 5.45. The lowest BCUT2D eigenvalue weighted by molar-refractivity contribution is -0.132. The Bertz CT molecular complexity index is 1280. The Balaban J connectivity index is 1.83. The van der Waals surface area contributed by atoms with Crippen LogP contribution in [0.25, 0.3) is 5.76 Å². The summed E-state index contributed by atoms with van der Waals surface area (Å²) in [4.78, 5) is 28.2. The first-order chi connectivity index (χ1) is 18.0. The minimum atomic E-state index is -0.852. The van der Waals surface area contributed by atoms with Gasteiger partial charge in [-0.2, -0.15) is 0 Å². The predicted octanol–water partition coefficient (Wildman–Crippen LogP) is 5.90. The summed E-state index contributed by atoms with van der Waals surface area (Å²) in [6.07, 6.45) is 1.71. The van der Waals surface area contributed by atoms with Gasteiger partial charge in [-0.3, -0.25) is 14.5 Å². The molecule has 0 saturated carbocycles. The van der Waals surface area contributed by atoms with Crippen molar-refractivity contribution in [1.82, 2.24) is 0 Å². The van der Waals surface area contributed by atoms with E-state index in [0.717, 1.165) is 12.8 Å². The topological polar surface area (TPSA) is 85.3 Å². The van der Waals surface area contributed by atoms with Crippen LogP contribution in [0.5, 0.6) is 17.2 Å². The first-order valence-electron chi connectivity index (χ1n) is 12.4. The molecule has 0 bridgehead atoms. The van der Waals surface area contributed by atoms with E-state index in [1.165, 1.54) is 4.90 Å². The highest BCUT2D eigenvalue weighted by Gasteiger charge is 2.47. The highest BCUT2D eigenvalue weighted by atomic mass is 16.5. The first-order valence-corrected chi connectivity index (χ1v) is 12.4. The van der Waals surface area contributed by atoms with E-state index in [4.69, 9.17) is 14.2 Å². The Hall–Kier alpha value is -4.26. The van der Waals surface area contributed by atoms with Gasteiger partial charge in [-0.05, 0) is 79.1 Å². The number of aliphatic hydroxyl groups is 1.